The van der Waals surface area contributed by atoms with Crippen LogP contribution in [-0.4, -0.2) is 44.0 Å². The summed E-state index contributed by atoms with van der Waals surface area (Å²) >= 11 is 0. The molecule has 1 heterocycles. The molecule has 0 saturated carbocycles. The highest BCUT2D eigenvalue weighted by atomic mass is 16.2. The standard InChI is InChI=1S/C11H23N3O/c1-13-9-10-4-7-14(8-5-10)11(15)3-2-6-12/h10,13H,2-9,12H2,1H3. The topological polar surface area (TPSA) is 58.4 Å². The lowest BCUT2D eigenvalue weighted by Gasteiger charge is -2.32. The molecule has 1 amide bonds. The van der Waals surface area contributed by atoms with E-state index in [1.54, 1.807) is 0 Å². The quantitative estimate of drug-likeness (QED) is 0.685. The molecule has 0 unspecified atom stereocenters. The highest BCUT2D eigenvalue weighted by Gasteiger charge is 2.21. The molecule has 88 valence electrons. The molecule has 0 bridgehead atoms. The van der Waals surface area contributed by atoms with Crippen LogP contribution in [0.2, 0.25) is 0 Å². The van der Waals surface area contributed by atoms with Crippen LogP contribution in [0.3, 0.4) is 0 Å². The third-order valence-corrected chi connectivity index (χ3v) is 3.05. The molecule has 0 aliphatic carbocycles. The predicted molar refractivity (Wildman–Crippen MR) is 61.5 cm³/mol. The molecule has 1 rings (SSSR count). The largest absolute Gasteiger partial charge is 0.343 e. The van der Waals surface area contributed by atoms with Gasteiger partial charge in [-0.3, -0.25) is 4.79 Å². The summed E-state index contributed by atoms with van der Waals surface area (Å²) in [7, 11) is 1.98. The van der Waals surface area contributed by atoms with E-state index in [1.807, 2.05) is 11.9 Å². The maximum Gasteiger partial charge on any atom is 0.222 e. The number of carbonyl (C=O) groups excluding carboxylic acids is 1. The average molecular weight is 213 g/mol. The van der Waals surface area contributed by atoms with Crippen molar-refractivity contribution in [2.24, 2.45) is 11.7 Å². The normalized spacial score (nSPS) is 18.1. The Morgan fingerprint density at radius 3 is 2.67 bits per heavy atom. The van der Waals surface area contributed by atoms with Crippen molar-refractivity contribution in [3.05, 3.63) is 0 Å². The van der Waals surface area contributed by atoms with Gasteiger partial charge in [-0.15, -0.1) is 0 Å². The van der Waals surface area contributed by atoms with Crippen molar-refractivity contribution in [1.29, 1.82) is 0 Å². The minimum Gasteiger partial charge on any atom is -0.343 e. The van der Waals surface area contributed by atoms with Crippen LogP contribution >= 0.6 is 0 Å². The van der Waals surface area contributed by atoms with Crippen molar-refractivity contribution in [3.63, 3.8) is 0 Å². The highest BCUT2D eigenvalue weighted by Crippen LogP contribution is 2.17. The fourth-order valence-corrected chi connectivity index (χ4v) is 2.09. The summed E-state index contributed by atoms with van der Waals surface area (Å²) in [6.45, 7) is 3.54. The number of rotatable bonds is 5. The van der Waals surface area contributed by atoms with Gasteiger partial charge in [-0.1, -0.05) is 0 Å². The Hall–Kier alpha value is -0.610. The van der Waals surface area contributed by atoms with Gasteiger partial charge in [0.2, 0.25) is 5.91 Å². The molecule has 1 aliphatic heterocycles. The first-order valence-corrected chi connectivity index (χ1v) is 5.90. The fourth-order valence-electron chi connectivity index (χ4n) is 2.09. The Morgan fingerprint density at radius 1 is 1.47 bits per heavy atom. The summed E-state index contributed by atoms with van der Waals surface area (Å²) in [6.07, 6.45) is 3.70. The van der Waals surface area contributed by atoms with Crippen LogP contribution < -0.4 is 11.1 Å². The maximum atomic E-state index is 11.7. The Morgan fingerprint density at radius 2 is 2.13 bits per heavy atom. The van der Waals surface area contributed by atoms with Crippen molar-refractivity contribution in [3.8, 4) is 0 Å². The summed E-state index contributed by atoms with van der Waals surface area (Å²) in [4.78, 5) is 13.7. The van der Waals surface area contributed by atoms with Gasteiger partial charge in [-0.05, 0) is 45.3 Å². The Balaban J connectivity index is 2.21. The molecule has 4 heteroatoms. The summed E-state index contributed by atoms with van der Waals surface area (Å²) in [5, 5.41) is 3.20. The van der Waals surface area contributed by atoms with Gasteiger partial charge < -0.3 is 16.0 Å². The molecule has 0 aromatic rings. The lowest BCUT2D eigenvalue weighted by molar-refractivity contribution is -0.132. The van der Waals surface area contributed by atoms with E-state index in [1.165, 1.54) is 0 Å². The van der Waals surface area contributed by atoms with E-state index < -0.39 is 0 Å². The van der Waals surface area contributed by atoms with Crippen LogP contribution in [0.5, 0.6) is 0 Å². The highest BCUT2D eigenvalue weighted by molar-refractivity contribution is 5.76. The second kappa shape index (κ2) is 6.80. The molecule has 0 atom stereocenters. The van der Waals surface area contributed by atoms with Crippen molar-refractivity contribution in [2.45, 2.75) is 25.7 Å². The van der Waals surface area contributed by atoms with Crippen molar-refractivity contribution >= 4 is 5.91 Å². The zero-order valence-electron chi connectivity index (χ0n) is 9.67. The van der Waals surface area contributed by atoms with E-state index in [-0.39, 0.29) is 5.91 Å². The van der Waals surface area contributed by atoms with E-state index in [0.717, 1.165) is 44.8 Å². The molecular formula is C11H23N3O. The summed E-state index contributed by atoms with van der Waals surface area (Å²) < 4.78 is 0. The van der Waals surface area contributed by atoms with Crippen LogP contribution in [0.4, 0.5) is 0 Å². The van der Waals surface area contributed by atoms with Gasteiger partial charge in [0.15, 0.2) is 0 Å². The van der Waals surface area contributed by atoms with E-state index in [4.69, 9.17) is 5.73 Å². The Kier molecular flexibility index (Phi) is 5.65. The molecule has 15 heavy (non-hydrogen) atoms. The summed E-state index contributed by atoms with van der Waals surface area (Å²) in [5.41, 5.74) is 5.39. The molecule has 0 aromatic heterocycles. The minimum atomic E-state index is 0.281. The monoisotopic (exact) mass is 213 g/mol. The van der Waals surface area contributed by atoms with Gasteiger partial charge in [-0.25, -0.2) is 0 Å². The number of nitrogens with zero attached hydrogens (tertiary/aromatic N) is 1. The van der Waals surface area contributed by atoms with Crippen LogP contribution in [0.15, 0.2) is 0 Å². The maximum absolute atomic E-state index is 11.7. The first-order valence-electron chi connectivity index (χ1n) is 5.90. The van der Waals surface area contributed by atoms with Gasteiger partial charge in [0.25, 0.3) is 0 Å². The zero-order chi connectivity index (χ0) is 11.1. The molecule has 0 aromatic carbocycles. The summed E-state index contributed by atoms with van der Waals surface area (Å²) in [6, 6.07) is 0. The smallest absolute Gasteiger partial charge is 0.222 e. The lowest BCUT2D eigenvalue weighted by atomic mass is 9.96. The van der Waals surface area contributed by atoms with E-state index in [9.17, 15) is 4.79 Å². The van der Waals surface area contributed by atoms with Crippen molar-refractivity contribution in [2.75, 3.05) is 33.2 Å². The SMILES string of the molecule is CNCC1CCN(C(=O)CCCN)CC1. The Labute approximate surface area is 92.2 Å². The number of amides is 1. The second-order valence-corrected chi connectivity index (χ2v) is 4.27. The number of nitrogens with one attached hydrogen (secondary N) is 1. The predicted octanol–water partition coefficient (Wildman–Crippen LogP) is 0.183. The molecule has 1 aliphatic rings. The van der Waals surface area contributed by atoms with Crippen LogP contribution in [0.25, 0.3) is 0 Å². The van der Waals surface area contributed by atoms with E-state index in [0.29, 0.717) is 13.0 Å². The molecule has 0 radical (unpaired) electrons. The molecular weight excluding hydrogens is 190 g/mol. The van der Waals surface area contributed by atoms with Gasteiger partial charge >= 0.3 is 0 Å². The van der Waals surface area contributed by atoms with Gasteiger partial charge in [0.1, 0.15) is 0 Å². The minimum absolute atomic E-state index is 0.281. The van der Waals surface area contributed by atoms with E-state index >= 15 is 0 Å². The Bertz CT molecular complexity index is 188. The molecule has 4 nitrogen and oxygen atoms in total. The second-order valence-electron chi connectivity index (χ2n) is 4.27. The van der Waals surface area contributed by atoms with E-state index in [2.05, 4.69) is 5.32 Å². The molecule has 0 spiro atoms. The number of hydrogen-bond donors (Lipinski definition) is 2. The lowest BCUT2D eigenvalue weighted by Crippen LogP contribution is -2.40. The zero-order valence-corrected chi connectivity index (χ0v) is 9.67. The average Bonchev–Trinajstić information content (AvgIpc) is 2.27. The molecule has 1 fully saturated rings. The third kappa shape index (κ3) is 4.18. The number of carbonyl (C=O) groups is 1. The van der Waals surface area contributed by atoms with Gasteiger partial charge in [0, 0.05) is 19.5 Å². The third-order valence-electron chi connectivity index (χ3n) is 3.05. The summed E-state index contributed by atoms with van der Waals surface area (Å²) in [5.74, 6) is 1.02. The number of nitrogens with two attached hydrogens (primary N) is 1. The van der Waals surface area contributed by atoms with Crippen molar-refractivity contribution in [1.82, 2.24) is 10.2 Å². The molecule has 3 N–H and O–H groups in total. The van der Waals surface area contributed by atoms with Gasteiger partial charge in [-0.2, -0.15) is 0 Å². The first kappa shape index (κ1) is 12.5. The van der Waals surface area contributed by atoms with Gasteiger partial charge in [0.05, 0.1) is 0 Å². The first-order chi connectivity index (χ1) is 7.27. The van der Waals surface area contributed by atoms with Crippen LogP contribution in [-0.2, 0) is 4.79 Å². The number of piperidine rings is 1. The van der Waals surface area contributed by atoms with Crippen LogP contribution in [0.1, 0.15) is 25.7 Å². The number of hydrogen-bond acceptors (Lipinski definition) is 3. The van der Waals surface area contributed by atoms with Crippen LogP contribution in [0, 0.1) is 5.92 Å². The fraction of sp³-hybridized carbons (Fsp3) is 0.909. The number of likely N-dealkylation sites (tertiary alicyclic amines) is 1. The molecule has 1 saturated heterocycles. The van der Waals surface area contributed by atoms with Crippen molar-refractivity contribution < 1.29 is 4.79 Å².